The first-order valence-corrected chi connectivity index (χ1v) is 23.7. The molecular formula is C43H55ClN4O8Si. The van der Waals surface area contributed by atoms with Gasteiger partial charge in [0.1, 0.15) is 5.75 Å². The Bertz CT molecular complexity index is 1990. The predicted octanol–water partition coefficient (Wildman–Crippen LogP) is 5.41. The summed E-state index contributed by atoms with van der Waals surface area (Å²) >= 11 is 6.63. The smallest absolute Gasteiger partial charge is 0.264 e. The number of carbonyl (C=O) groups is 3. The second-order valence-electron chi connectivity index (χ2n) is 16.4. The second kappa shape index (κ2) is 16.8. The fourth-order valence-electron chi connectivity index (χ4n) is 9.75. The lowest BCUT2D eigenvalue weighted by Gasteiger charge is -2.35. The van der Waals surface area contributed by atoms with Gasteiger partial charge >= 0.3 is 0 Å². The van der Waals surface area contributed by atoms with Gasteiger partial charge in [0.2, 0.25) is 11.8 Å². The highest BCUT2D eigenvalue weighted by molar-refractivity contribution is 6.71. The quantitative estimate of drug-likeness (QED) is 0.124. The maximum absolute atomic E-state index is 15.1. The molecule has 3 aromatic carbocycles. The number of fused-ring (bicyclic) bond motifs is 3. The van der Waals surface area contributed by atoms with Gasteiger partial charge in [-0.25, -0.2) is 0 Å². The molecule has 7 rings (SSSR count). The van der Waals surface area contributed by atoms with Gasteiger partial charge in [-0.3, -0.25) is 19.3 Å². The van der Waals surface area contributed by atoms with Crippen molar-refractivity contribution in [3.05, 3.63) is 82.4 Å². The number of amides is 3. The molecule has 4 aliphatic heterocycles. The third-order valence-electron chi connectivity index (χ3n) is 12.3. The highest BCUT2D eigenvalue weighted by Gasteiger charge is 2.66. The molecule has 0 bridgehead atoms. The van der Waals surface area contributed by atoms with Crippen LogP contribution in [-0.2, 0) is 37.7 Å². The van der Waals surface area contributed by atoms with Gasteiger partial charge in [0.05, 0.1) is 55.7 Å². The van der Waals surface area contributed by atoms with E-state index < -0.39 is 37.5 Å². The molecule has 3 aromatic rings. The molecule has 306 valence electrons. The van der Waals surface area contributed by atoms with Crippen LogP contribution in [0.5, 0.6) is 5.75 Å². The summed E-state index contributed by atoms with van der Waals surface area (Å²) in [4.78, 5) is 60.0. The molecule has 0 saturated carbocycles. The highest BCUT2D eigenvalue weighted by atomic mass is 35.5. The molecule has 1 spiro atoms. The van der Waals surface area contributed by atoms with Crippen LogP contribution in [0.15, 0.2) is 60.7 Å². The largest absolute Gasteiger partial charge is 0.494 e. The van der Waals surface area contributed by atoms with Crippen molar-refractivity contribution in [3.63, 3.8) is 0 Å². The highest BCUT2D eigenvalue weighted by Crippen LogP contribution is 2.60. The van der Waals surface area contributed by atoms with Crippen LogP contribution in [0.4, 0.5) is 17.1 Å². The third-order valence-corrected chi connectivity index (χ3v) is 15.0. The molecule has 4 N–H and O–H groups in total. The zero-order valence-electron chi connectivity index (χ0n) is 33.2. The summed E-state index contributed by atoms with van der Waals surface area (Å²) in [5.74, 6) is -0.298. The summed E-state index contributed by atoms with van der Waals surface area (Å²) in [6.07, 6.45) is 2.68. The SMILES string of the molecule is CCOc1ccc2c(c1)CC(NCCCCO)C(=O)N2c1cccc(CN2C(=O)[C@]3(O[C@H](CC(=O)N4CCC[C@H]4CO)[C@@H]([Si](C)(C)O)[C@@H]3C)c3cc(Cl)ccc32)c1. The summed E-state index contributed by atoms with van der Waals surface area (Å²) in [6.45, 7) is 9.33. The van der Waals surface area contributed by atoms with Crippen LogP contribution in [0.2, 0.25) is 23.7 Å². The Balaban J connectivity index is 1.21. The molecule has 12 nitrogen and oxygen atoms in total. The van der Waals surface area contributed by atoms with Crippen LogP contribution >= 0.6 is 11.6 Å². The van der Waals surface area contributed by atoms with E-state index in [0.717, 1.165) is 41.8 Å². The van der Waals surface area contributed by atoms with Crippen molar-refractivity contribution in [1.29, 1.82) is 0 Å². The summed E-state index contributed by atoms with van der Waals surface area (Å²) in [5.41, 5.74) is 2.48. The molecule has 14 heteroatoms. The fourth-order valence-corrected chi connectivity index (χ4v) is 12.5. The Hall–Kier alpha value is -3.82. The van der Waals surface area contributed by atoms with Crippen LogP contribution < -0.4 is 19.9 Å². The number of hydrogen-bond acceptors (Lipinski definition) is 9. The zero-order chi connectivity index (χ0) is 40.6. The molecule has 3 amide bonds. The summed E-state index contributed by atoms with van der Waals surface area (Å²) < 4.78 is 12.7. The number of aliphatic hydroxyl groups is 2. The van der Waals surface area contributed by atoms with Gasteiger partial charge in [-0.2, -0.15) is 0 Å². The number of aliphatic hydroxyl groups excluding tert-OH is 2. The normalized spacial score (nSPS) is 25.8. The number of likely N-dealkylation sites (tertiary alicyclic amines) is 1. The van der Waals surface area contributed by atoms with E-state index in [2.05, 4.69) is 5.32 Å². The van der Waals surface area contributed by atoms with Crippen molar-refractivity contribution in [2.75, 3.05) is 42.7 Å². The van der Waals surface area contributed by atoms with E-state index in [-0.39, 0.29) is 49.9 Å². The van der Waals surface area contributed by atoms with Crippen molar-refractivity contribution < 1.29 is 38.9 Å². The monoisotopic (exact) mass is 818 g/mol. The van der Waals surface area contributed by atoms with E-state index in [9.17, 15) is 24.6 Å². The van der Waals surface area contributed by atoms with Gasteiger partial charge in [0.15, 0.2) is 13.9 Å². The zero-order valence-corrected chi connectivity index (χ0v) is 35.0. The molecule has 2 saturated heterocycles. The first kappa shape index (κ1) is 41.3. The lowest BCUT2D eigenvalue weighted by atomic mass is 9.82. The molecule has 4 aliphatic rings. The average molecular weight is 819 g/mol. The van der Waals surface area contributed by atoms with Crippen molar-refractivity contribution in [1.82, 2.24) is 10.2 Å². The van der Waals surface area contributed by atoms with E-state index >= 15 is 4.79 Å². The molecule has 0 aliphatic carbocycles. The predicted molar refractivity (Wildman–Crippen MR) is 221 cm³/mol. The Morgan fingerprint density at radius 2 is 1.86 bits per heavy atom. The van der Waals surface area contributed by atoms with Gasteiger partial charge in [0, 0.05) is 40.9 Å². The molecular weight excluding hydrogens is 764 g/mol. The molecule has 6 atom stereocenters. The Kier molecular flexibility index (Phi) is 12.2. The van der Waals surface area contributed by atoms with Crippen LogP contribution in [0, 0.1) is 5.92 Å². The Morgan fingerprint density at radius 1 is 1.07 bits per heavy atom. The van der Waals surface area contributed by atoms with Gasteiger partial charge in [-0.1, -0.05) is 30.7 Å². The Morgan fingerprint density at radius 3 is 2.60 bits per heavy atom. The third kappa shape index (κ3) is 7.75. The fraction of sp³-hybridized carbons (Fsp3) is 0.512. The minimum Gasteiger partial charge on any atom is -0.494 e. The van der Waals surface area contributed by atoms with Crippen molar-refractivity contribution >= 4 is 54.7 Å². The van der Waals surface area contributed by atoms with Gasteiger partial charge in [0.25, 0.3) is 5.91 Å². The molecule has 1 unspecified atom stereocenters. The summed E-state index contributed by atoms with van der Waals surface area (Å²) in [5, 5.41) is 23.1. The van der Waals surface area contributed by atoms with Crippen LogP contribution in [0.25, 0.3) is 0 Å². The van der Waals surface area contributed by atoms with Gasteiger partial charge in [-0.05, 0) is 118 Å². The van der Waals surface area contributed by atoms with E-state index in [0.29, 0.717) is 54.5 Å². The number of rotatable bonds is 14. The van der Waals surface area contributed by atoms with E-state index in [4.69, 9.17) is 21.1 Å². The van der Waals surface area contributed by atoms with Crippen molar-refractivity contribution in [2.45, 2.75) is 101 Å². The summed E-state index contributed by atoms with van der Waals surface area (Å²) in [6, 6.07) is 18.0. The van der Waals surface area contributed by atoms with E-state index in [1.807, 2.05) is 75.5 Å². The maximum atomic E-state index is 15.1. The number of nitrogens with one attached hydrogen (secondary N) is 1. The number of carbonyl (C=O) groups excluding carboxylic acids is 3. The standard InChI is InChI=1S/C43H55ClN4O8Si/c1-5-55-33-14-16-36-29(21-33)22-35(45-17-6-7-19-49)41(52)48(36)31-11-8-10-28(20-31)25-47-37-15-13-30(44)23-34(37)43(42(47)53)27(2)40(57(3,4)54)38(56-43)24-39(51)46-18-9-12-32(46)26-50/h8,10-11,13-16,20-21,23,27,32,35,38,40,45,49-50,54H,5-7,9,12,17-19,22,24-26H2,1-4H3/t27-,32-,35?,38+,40-,43+/m0/s1. The van der Waals surface area contributed by atoms with E-state index in [1.165, 1.54) is 0 Å². The minimum atomic E-state index is -3.04. The topological polar surface area (TPSA) is 152 Å². The van der Waals surface area contributed by atoms with Crippen LogP contribution in [0.1, 0.15) is 62.6 Å². The van der Waals surface area contributed by atoms with Crippen molar-refractivity contribution in [2.24, 2.45) is 5.92 Å². The maximum Gasteiger partial charge on any atom is 0.264 e. The molecule has 57 heavy (non-hydrogen) atoms. The molecule has 0 radical (unpaired) electrons. The molecule has 0 aromatic heterocycles. The number of anilines is 3. The minimum absolute atomic E-state index is 0.00976. The average Bonchev–Trinajstić information content (AvgIpc) is 3.84. The van der Waals surface area contributed by atoms with E-state index in [1.54, 1.807) is 26.8 Å². The number of hydrogen-bond donors (Lipinski definition) is 4. The van der Waals surface area contributed by atoms with Crippen molar-refractivity contribution in [3.8, 4) is 5.75 Å². The number of benzene rings is 3. The van der Waals surface area contributed by atoms with Crippen LogP contribution in [0.3, 0.4) is 0 Å². The first-order valence-electron chi connectivity index (χ1n) is 20.3. The molecule has 2 fully saturated rings. The number of halogens is 1. The van der Waals surface area contributed by atoms with Crippen LogP contribution in [-0.4, -0.2) is 97.0 Å². The van der Waals surface area contributed by atoms with Gasteiger partial charge in [-0.15, -0.1) is 0 Å². The first-order chi connectivity index (χ1) is 27.3. The number of nitrogens with zero attached hydrogens (tertiary/aromatic N) is 3. The lowest BCUT2D eigenvalue weighted by Crippen LogP contribution is -2.49. The number of unbranched alkanes of at least 4 members (excludes halogenated alkanes) is 1. The Labute approximate surface area is 340 Å². The number of ether oxygens (including phenoxy) is 2. The molecule has 4 heterocycles. The second-order valence-corrected chi connectivity index (χ2v) is 20.8. The summed E-state index contributed by atoms with van der Waals surface area (Å²) in [7, 11) is -3.04. The van der Waals surface area contributed by atoms with Gasteiger partial charge < -0.3 is 39.6 Å². The lowest BCUT2D eigenvalue weighted by molar-refractivity contribution is -0.150.